The zero-order valence-electron chi connectivity index (χ0n) is 5.46. The smallest absolute Gasteiger partial charge is 0.0509 e. The molecule has 1 radical (unpaired) electrons. The molecule has 0 amide bonds. The van der Waals surface area contributed by atoms with E-state index in [1.54, 1.807) is 6.08 Å². The van der Waals surface area contributed by atoms with E-state index in [9.17, 15) is 0 Å². The molecule has 1 rings (SSSR count). The molecule has 0 aromatic carbocycles. The Bertz CT molecular complexity index is 158. The Balaban J connectivity index is 2.73. The predicted octanol–water partition coefficient (Wildman–Crippen LogP) is 0.165. The van der Waals surface area contributed by atoms with Gasteiger partial charge in [-0.15, -0.1) is 0 Å². The van der Waals surface area contributed by atoms with Gasteiger partial charge in [0.25, 0.3) is 0 Å². The molecule has 0 bridgehead atoms. The molecule has 2 heteroatoms. The summed E-state index contributed by atoms with van der Waals surface area (Å²) in [6, 6.07) is -0.0324. The van der Waals surface area contributed by atoms with E-state index in [0.29, 0.717) is 0 Å². The number of hydrogen-bond donors (Lipinski definition) is 2. The van der Waals surface area contributed by atoms with E-state index in [4.69, 9.17) is 11.5 Å². The van der Waals surface area contributed by atoms with Crippen molar-refractivity contribution in [2.75, 3.05) is 0 Å². The Hall–Kier alpha value is -0.760. The van der Waals surface area contributed by atoms with Gasteiger partial charge >= 0.3 is 0 Å². The van der Waals surface area contributed by atoms with Crippen LogP contribution >= 0.6 is 0 Å². The van der Waals surface area contributed by atoms with E-state index in [0.717, 1.165) is 5.70 Å². The fourth-order valence-electron chi connectivity index (χ4n) is 0.800. The van der Waals surface area contributed by atoms with Gasteiger partial charge in [0.15, 0.2) is 0 Å². The van der Waals surface area contributed by atoms with Gasteiger partial charge in [-0.25, -0.2) is 0 Å². The lowest BCUT2D eigenvalue weighted by atomic mass is 9.95. The minimum absolute atomic E-state index is 0.0324. The second kappa shape index (κ2) is 2.23. The molecule has 9 heavy (non-hydrogen) atoms. The van der Waals surface area contributed by atoms with Gasteiger partial charge in [-0.05, 0) is 12.2 Å². The summed E-state index contributed by atoms with van der Waals surface area (Å²) in [5, 5.41) is 0. The molecule has 4 N–H and O–H groups in total. The van der Waals surface area contributed by atoms with Gasteiger partial charge in [0.05, 0.1) is 6.04 Å². The number of hydrogen-bond acceptors (Lipinski definition) is 2. The predicted molar refractivity (Wildman–Crippen MR) is 37.2 cm³/mol. The lowest BCUT2D eigenvalue weighted by Gasteiger charge is -2.18. The Kier molecular flexibility index (Phi) is 1.58. The quantitative estimate of drug-likeness (QED) is 0.482. The molecule has 0 spiro atoms. The van der Waals surface area contributed by atoms with Crippen LogP contribution in [-0.4, -0.2) is 6.04 Å². The Labute approximate surface area is 55.2 Å². The van der Waals surface area contributed by atoms with Crippen LogP contribution in [0, 0.1) is 12.0 Å². The second-order valence-corrected chi connectivity index (χ2v) is 2.31. The molecular weight excluding hydrogens is 112 g/mol. The second-order valence-electron chi connectivity index (χ2n) is 2.31. The summed E-state index contributed by atoms with van der Waals surface area (Å²) in [5.41, 5.74) is 11.9. The zero-order chi connectivity index (χ0) is 6.85. The topological polar surface area (TPSA) is 52.0 Å². The van der Waals surface area contributed by atoms with Crippen molar-refractivity contribution in [2.45, 2.75) is 13.0 Å². The molecule has 0 saturated carbocycles. The molecule has 1 aliphatic rings. The third-order valence-electron chi connectivity index (χ3n) is 1.56. The fraction of sp³-hybridized carbons (Fsp3) is 0.429. The van der Waals surface area contributed by atoms with E-state index in [1.165, 1.54) is 0 Å². The van der Waals surface area contributed by atoms with Crippen molar-refractivity contribution in [2.24, 2.45) is 17.4 Å². The molecule has 2 unspecified atom stereocenters. The molecule has 2 nitrogen and oxygen atoms in total. The largest absolute Gasteiger partial charge is 0.401 e. The molecule has 0 fully saturated rings. The van der Waals surface area contributed by atoms with Crippen LogP contribution < -0.4 is 11.5 Å². The minimum atomic E-state index is -0.0324. The summed E-state index contributed by atoms with van der Waals surface area (Å²) < 4.78 is 0. The van der Waals surface area contributed by atoms with Crippen molar-refractivity contribution in [1.29, 1.82) is 0 Å². The molecule has 0 aliphatic heterocycles. The summed E-state index contributed by atoms with van der Waals surface area (Å²) in [6.45, 7) is 2.00. The Morgan fingerprint density at radius 1 is 1.67 bits per heavy atom. The Morgan fingerprint density at radius 3 is 2.78 bits per heavy atom. The maximum absolute atomic E-state index is 5.65. The van der Waals surface area contributed by atoms with Gasteiger partial charge < -0.3 is 11.5 Å². The van der Waals surface area contributed by atoms with Gasteiger partial charge in [-0.1, -0.05) is 13.0 Å². The SMILES string of the molecule is CC1[C]=CC=C(N)C1N. The van der Waals surface area contributed by atoms with Crippen molar-refractivity contribution in [3.05, 3.63) is 23.9 Å². The Morgan fingerprint density at radius 2 is 2.33 bits per heavy atom. The first-order valence-electron chi connectivity index (χ1n) is 3.02. The van der Waals surface area contributed by atoms with E-state index in [-0.39, 0.29) is 12.0 Å². The lowest BCUT2D eigenvalue weighted by Crippen LogP contribution is -2.34. The molecule has 0 aromatic heterocycles. The highest BCUT2D eigenvalue weighted by Crippen LogP contribution is 2.11. The van der Waals surface area contributed by atoms with Crippen LogP contribution in [0.1, 0.15) is 6.92 Å². The van der Waals surface area contributed by atoms with Gasteiger partial charge in [-0.2, -0.15) is 0 Å². The molecule has 1 aliphatic carbocycles. The molecular formula is C7H11N2. The number of allylic oxidation sites excluding steroid dienone is 2. The van der Waals surface area contributed by atoms with E-state index < -0.39 is 0 Å². The summed E-state index contributed by atoms with van der Waals surface area (Å²) in [7, 11) is 0. The first-order valence-corrected chi connectivity index (χ1v) is 3.02. The summed E-state index contributed by atoms with van der Waals surface area (Å²) in [5.74, 6) is 0.259. The minimum Gasteiger partial charge on any atom is -0.401 e. The third-order valence-corrected chi connectivity index (χ3v) is 1.56. The fourth-order valence-corrected chi connectivity index (χ4v) is 0.800. The lowest BCUT2D eigenvalue weighted by molar-refractivity contribution is 0.577. The highest BCUT2D eigenvalue weighted by Gasteiger charge is 2.14. The molecule has 0 saturated heterocycles. The maximum Gasteiger partial charge on any atom is 0.0509 e. The average Bonchev–Trinajstić information content (AvgIpc) is 1.83. The zero-order valence-corrected chi connectivity index (χ0v) is 5.46. The van der Waals surface area contributed by atoms with Crippen LogP contribution in [0.5, 0.6) is 0 Å². The van der Waals surface area contributed by atoms with E-state index in [2.05, 4.69) is 6.08 Å². The summed E-state index contributed by atoms with van der Waals surface area (Å²) in [6.07, 6.45) is 6.67. The van der Waals surface area contributed by atoms with Crippen molar-refractivity contribution in [1.82, 2.24) is 0 Å². The van der Waals surface area contributed by atoms with Crippen LogP contribution in [0.25, 0.3) is 0 Å². The number of rotatable bonds is 0. The molecule has 49 valence electrons. The normalized spacial score (nSPS) is 34.2. The monoisotopic (exact) mass is 123 g/mol. The van der Waals surface area contributed by atoms with Gasteiger partial charge in [-0.3, -0.25) is 0 Å². The van der Waals surface area contributed by atoms with Crippen molar-refractivity contribution in [3.8, 4) is 0 Å². The molecule has 0 aromatic rings. The van der Waals surface area contributed by atoms with Crippen molar-refractivity contribution in [3.63, 3.8) is 0 Å². The van der Waals surface area contributed by atoms with Crippen molar-refractivity contribution >= 4 is 0 Å². The first kappa shape index (κ1) is 6.36. The first-order chi connectivity index (χ1) is 4.22. The van der Waals surface area contributed by atoms with Crippen LogP contribution in [-0.2, 0) is 0 Å². The van der Waals surface area contributed by atoms with Gasteiger partial charge in [0.2, 0.25) is 0 Å². The van der Waals surface area contributed by atoms with Crippen LogP contribution in [0.3, 0.4) is 0 Å². The third kappa shape index (κ3) is 1.13. The van der Waals surface area contributed by atoms with Crippen molar-refractivity contribution < 1.29 is 0 Å². The highest BCUT2D eigenvalue weighted by molar-refractivity contribution is 5.19. The molecule has 2 atom stereocenters. The van der Waals surface area contributed by atoms with Crippen LogP contribution in [0.4, 0.5) is 0 Å². The summed E-state index contributed by atoms with van der Waals surface area (Å²) in [4.78, 5) is 0. The maximum atomic E-state index is 5.65. The van der Waals surface area contributed by atoms with Gasteiger partial charge in [0.1, 0.15) is 0 Å². The molecule has 0 heterocycles. The standard InChI is InChI=1S/C7H11N2/c1-5-3-2-4-6(8)7(5)9/h2,4-5,7H,8-9H2,1H3. The number of nitrogens with two attached hydrogens (primary N) is 2. The highest BCUT2D eigenvalue weighted by atomic mass is 14.8. The summed E-state index contributed by atoms with van der Waals surface area (Å²) >= 11 is 0. The van der Waals surface area contributed by atoms with Gasteiger partial charge in [0, 0.05) is 11.6 Å². The van der Waals surface area contributed by atoms with E-state index in [1.807, 2.05) is 13.0 Å². The average molecular weight is 123 g/mol. The van der Waals surface area contributed by atoms with Crippen LogP contribution in [0.15, 0.2) is 17.8 Å². The van der Waals surface area contributed by atoms with E-state index >= 15 is 0 Å². The van der Waals surface area contributed by atoms with Crippen LogP contribution in [0.2, 0.25) is 0 Å².